The molecule has 0 aliphatic heterocycles. The van der Waals surface area contributed by atoms with E-state index in [4.69, 9.17) is 23.2 Å². The predicted octanol–water partition coefficient (Wildman–Crippen LogP) is 6.53. The summed E-state index contributed by atoms with van der Waals surface area (Å²) in [5.74, 6) is 1.44. The smallest absolute Gasteiger partial charge is 0.0721 e. The lowest BCUT2D eigenvalue weighted by molar-refractivity contribution is 0.148. The fraction of sp³-hybridized carbons (Fsp3) is 0.733. The molecule has 1 fully saturated rings. The van der Waals surface area contributed by atoms with Crippen molar-refractivity contribution in [1.29, 1.82) is 0 Å². The van der Waals surface area contributed by atoms with Gasteiger partial charge in [0.25, 0.3) is 0 Å². The van der Waals surface area contributed by atoms with Crippen molar-refractivity contribution in [3.05, 3.63) is 21.3 Å². The van der Waals surface area contributed by atoms with Gasteiger partial charge in [-0.2, -0.15) is 0 Å². The average Bonchev–Trinajstić information content (AvgIpc) is 2.73. The number of thiophene rings is 1. The monoisotopic (exact) mass is 304 g/mol. The molecule has 1 saturated carbocycles. The number of rotatable bonds is 2. The minimum absolute atomic E-state index is 0.110. The van der Waals surface area contributed by atoms with E-state index in [0.717, 1.165) is 15.8 Å². The topological polar surface area (TPSA) is 0 Å². The second kappa shape index (κ2) is 5.73. The SMILES string of the molecule is CC(C)(C)C1CCC(C(Cl)c2sccc2Cl)CC1. The molecule has 0 radical (unpaired) electrons. The van der Waals surface area contributed by atoms with Crippen molar-refractivity contribution in [3.63, 3.8) is 0 Å². The summed E-state index contributed by atoms with van der Waals surface area (Å²) < 4.78 is 0. The zero-order valence-corrected chi connectivity index (χ0v) is 13.7. The van der Waals surface area contributed by atoms with Crippen LogP contribution in [0.3, 0.4) is 0 Å². The summed E-state index contributed by atoms with van der Waals surface area (Å²) in [5, 5.41) is 2.99. The van der Waals surface area contributed by atoms with Gasteiger partial charge in [0.1, 0.15) is 0 Å². The van der Waals surface area contributed by atoms with Gasteiger partial charge in [-0.15, -0.1) is 22.9 Å². The van der Waals surface area contributed by atoms with Gasteiger partial charge < -0.3 is 0 Å². The second-order valence-electron chi connectivity index (χ2n) is 6.51. The van der Waals surface area contributed by atoms with Crippen LogP contribution < -0.4 is 0 Å². The van der Waals surface area contributed by atoms with Crippen molar-refractivity contribution in [2.75, 3.05) is 0 Å². The van der Waals surface area contributed by atoms with E-state index < -0.39 is 0 Å². The van der Waals surface area contributed by atoms with E-state index in [1.54, 1.807) is 11.3 Å². The first kappa shape index (κ1) is 14.7. The molecule has 18 heavy (non-hydrogen) atoms. The molecular formula is C15H22Cl2S. The zero-order chi connectivity index (χ0) is 13.3. The molecule has 2 rings (SSSR count). The maximum absolute atomic E-state index is 6.62. The summed E-state index contributed by atoms with van der Waals surface area (Å²) in [7, 11) is 0. The Morgan fingerprint density at radius 2 is 1.83 bits per heavy atom. The van der Waals surface area contributed by atoms with Crippen LogP contribution in [-0.4, -0.2) is 0 Å². The summed E-state index contributed by atoms with van der Waals surface area (Å²) in [6.45, 7) is 7.06. The fourth-order valence-corrected chi connectivity index (χ4v) is 4.82. The lowest BCUT2D eigenvalue weighted by Crippen LogP contribution is -2.27. The van der Waals surface area contributed by atoms with Crippen LogP contribution in [0.25, 0.3) is 0 Å². The highest BCUT2D eigenvalue weighted by molar-refractivity contribution is 7.11. The molecule has 1 aliphatic rings. The average molecular weight is 305 g/mol. The van der Waals surface area contributed by atoms with Crippen LogP contribution >= 0.6 is 34.5 Å². The third-order valence-electron chi connectivity index (χ3n) is 4.31. The molecule has 1 heterocycles. The minimum atomic E-state index is 0.110. The summed E-state index contributed by atoms with van der Waals surface area (Å²) in [4.78, 5) is 1.16. The highest BCUT2D eigenvalue weighted by Gasteiger charge is 2.33. The van der Waals surface area contributed by atoms with Crippen LogP contribution in [0.2, 0.25) is 5.02 Å². The van der Waals surface area contributed by atoms with Crippen LogP contribution in [0.5, 0.6) is 0 Å². The summed E-state index contributed by atoms with van der Waals surface area (Å²) >= 11 is 14.5. The highest BCUT2D eigenvalue weighted by Crippen LogP contribution is 2.47. The molecule has 0 nitrogen and oxygen atoms in total. The molecule has 102 valence electrons. The van der Waals surface area contributed by atoms with E-state index in [-0.39, 0.29) is 5.38 Å². The first-order valence-electron chi connectivity index (χ1n) is 6.76. The highest BCUT2D eigenvalue weighted by atomic mass is 35.5. The maximum atomic E-state index is 6.62. The maximum Gasteiger partial charge on any atom is 0.0721 e. The van der Waals surface area contributed by atoms with Gasteiger partial charge in [0, 0.05) is 4.88 Å². The Morgan fingerprint density at radius 3 is 2.28 bits per heavy atom. The molecule has 1 aromatic heterocycles. The van der Waals surface area contributed by atoms with Crippen LogP contribution in [-0.2, 0) is 0 Å². The van der Waals surface area contributed by atoms with Crippen LogP contribution in [0.15, 0.2) is 11.4 Å². The molecule has 0 spiro atoms. The first-order chi connectivity index (χ1) is 8.39. The summed E-state index contributed by atoms with van der Waals surface area (Å²) in [5.41, 5.74) is 0.438. The van der Waals surface area contributed by atoms with Crippen molar-refractivity contribution in [1.82, 2.24) is 0 Å². The van der Waals surface area contributed by atoms with E-state index in [9.17, 15) is 0 Å². The standard InChI is InChI=1S/C15H22Cl2S/c1-15(2,3)11-6-4-10(5-7-11)13(17)14-12(16)8-9-18-14/h8-11,13H,4-7H2,1-3H3. The predicted molar refractivity (Wildman–Crippen MR) is 82.8 cm³/mol. The Hall–Kier alpha value is 0.280. The van der Waals surface area contributed by atoms with E-state index in [2.05, 4.69) is 20.8 Å². The van der Waals surface area contributed by atoms with Gasteiger partial charge in [0.15, 0.2) is 0 Å². The lowest BCUT2D eigenvalue weighted by atomic mass is 9.69. The first-order valence-corrected chi connectivity index (χ1v) is 8.46. The van der Waals surface area contributed by atoms with Gasteiger partial charge in [-0.25, -0.2) is 0 Å². The fourth-order valence-electron chi connectivity index (χ4n) is 2.99. The Kier molecular flexibility index (Phi) is 4.67. The van der Waals surface area contributed by atoms with Gasteiger partial charge in [-0.05, 0) is 54.4 Å². The molecule has 0 amide bonds. The third-order valence-corrected chi connectivity index (χ3v) is 6.45. The number of hydrogen-bond donors (Lipinski definition) is 0. The molecule has 3 heteroatoms. The molecule has 1 aromatic rings. The van der Waals surface area contributed by atoms with E-state index in [0.29, 0.717) is 11.3 Å². The van der Waals surface area contributed by atoms with Crippen molar-refractivity contribution in [2.45, 2.75) is 51.8 Å². The van der Waals surface area contributed by atoms with Gasteiger partial charge in [0.2, 0.25) is 0 Å². The summed E-state index contributed by atoms with van der Waals surface area (Å²) in [6, 6.07) is 1.96. The van der Waals surface area contributed by atoms with Gasteiger partial charge in [-0.1, -0.05) is 32.4 Å². The molecule has 0 N–H and O–H groups in total. The Labute approximate surface area is 125 Å². The van der Waals surface area contributed by atoms with Crippen LogP contribution in [0.1, 0.15) is 56.7 Å². The molecule has 0 aromatic carbocycles. The van der Waals surface area contributed by atoms with E-state index >= 15 is 0 Å². The number of hydrogen-bond acceptors (Lipinski definition) is 1. The molecule has 0 bridgehead atoms. The van der Waals surface area contributed by atoms with Crippen molar-refractivity contribution < 1.29 is 0 Å². The quantitative estimate of drug-likeness (QED) is 0.545. The van der Waals surface area contributed by atoms with E-state index in [1.165, 1.54) is 25.7 Å². The van der Waals surface area contributed by atoms with Gasteiger partial charge in [-0.3, -0.25) is 0 Å². The van der Waals surface area contributed by atoms with Crippen molar-refractivity contribution in [3.8, 4) is 0 Å². The molecule has 1 unspecified atom stereocenters. The van der Waals surface area contributed by atoms with Gasteiger partial charge >= 0.3 is 0 Å². The van der Waals surface area contributed by atoms with E-state index in [1.807, 2.05) is 11.4 Å². The zero-order valence-electron chi connectivity index (χ0n) is 11.4. The summed E-state index contributed by atoms with van der Waals surface area (Å²) in [6.07, 6.45) is 5.09. The van der Waals surface area contributed by atoms with Crippen molar-refractivity contribution >= 4 is 34.5 Å². The van der Waals surface area contributed by atoms with Crippen molar-refractivity contribution in [2.24, 2.45) is 17.3 Å². The molecule has 0 saturated heterocycles. The number of halogens is 2. The number of alkyl halides is 1. The van der Waals surface area contributed by atoms with Crippen LogP contribution in [0.4, 0.5) is 0 Å². The molecule has 1 aliphatic carbocycles. The van der Waals surface area contributed by atoms with Gasteiger partial charge in [0.05, 0.1) is 10.4 Å². The van der Waals surface area contributed by atoms with Crippen LogP contribution in [0, 0.1) is 17.3 Å². The Morgan fingerprint density at radius 1 is 1.22 bits per heavy atom. The molecule has 1 atom stereocenters. The normalized spacial score (nSPS) is 27.2. The third kappa shape index (κ3) is 3.23. The largest absolute Gasteiger partial charge is 0.146 e. The second-order valence-corrected chi connectivity index (χ2v) is 8.34. The lowest BCUT2D eigenvalue weighted by Gasteiger charge is -2.38. The Bertz CT molecular complexity index is 383. The minimum Gasteiger partial charge on any atom is -0.146 e. The molecular weight excluding hydrogens is 283 g/mol. The Balaban J connectivity index is 1.96.